The first-order chi connectivity index (χ1) is 16.0. The molecule has 8 nitrogen and oxygen atoms in total. The minimum absolute atomic E-state index is 0.136. The summed E-state index contributed by atoms with van der Waals surface area (Å²) in [4.78, 5) is 18.9. The molecule has 0 spiro atoms. The molecule has 3 aromatic rings. The molecule has 2 aromatic heterocycles. The van der Waals surface area contributed by atoms with Gasteiger partial charge in [-0.05, 0) is 30.7 Å². The molecule has 172 valence electrons. The van der Waals surface area contributed by atoms with E-state index in [0.717, 1.165) is 28.2 Å². The van der Waals surface area contributed by atoms with Crippen molar-refractivity contribution in [1.29, 1.82) is 0 Å². The number of nitrogens with zero attached hydrogens (tertiary/aromatic N) is 3. The first-order valence-electron chi connectivity index (χ1n) is 10.5. The third-order valence-corrected chi connectivity index (χ3v) is 5.43. The normalized spacial score (nSPS) is 15.0. The van der Waals surface area contributed by atoms with Crippen molar-refractivity contribution in [3.05, 3.63) is 70.8 Å². The number of fused-ring (bicyclic) bond motifs is 1. The second kappa shape index (κ2) is 9.93. The molecule has 1 aliphatic rings. The lowest BCUT2D eigenvalue weighted by atomic mass is 9.83. The molecule has 0 radical (unpaired) electrons. The van der Waals surface area contributed by atoms with Gasteiger partial charge in [-0.25, -0.2) is 19.3 Å². The van der Waals surface area contributed by atoms with Crippen LogP contribution in [0.4, 0.5) is 10.3 Å². The molecule has 0 bridgehead atoms. The Morgan fingerprint density at radius 1 is 1.12 bits per heavy atom. The summed E-state index contributed by atoms with van der Waals surface area (Å²) in [7, 11) is 3.16. The molecule has 0 amide bonds. The van der Waals surface area contributed by atoms with Crippen molar-refractivity contribution in [2.75, 3.05) is 33.2 Å². The first-order valence-corrected chi connectivity index (χ1v) is 10.5. The fourth-order valence-corrected chi connectivity index (χ4v) is 4.00. The van der Waals surface area contributed by atoms with Crippen LogP contribution in [0, 0.1) is 12.7 Å². The molecule has 0 saturated carbocycles. The number of ether oxygens (including phenoxy) is 2. The summed E-state index contributed by atoms with van der Waals surface area (Å²) in [6.45, 7) is 2.68. The van der Waals surface area contributed by atoms with Crippen molar-refractivity contribution in [2.24, 2.45) is 0 Å². The van der Waals surface area contributed by atoms with Gasteiger partial charge in [-0.2, -0.15) is 0 Å². The van der Waals surface area contributed by atoms with E-state index < -0.39 is 0 Å². The van der Waals surface area contributed by atoms with Crippen molar-refractivity contribution < 1.29 is 18.7 Å². The quantitative estimate of drug-likeness (QED) is 0.397. The summed E-state index contributed by atoms with van der Waals surface area (Å²) in [6, 6.07) is 10.1. The van der Waals surface area contributed by atoms with Gasteiger partial charge in [-0.15, -0.1) is 0 Å². The monoisotopic (exact) mass is 451 g/mol. The molecule has 3 N–H and O–H groups in total. The van der Waals surface area contributed by atoms with Crippen molar-refractivity contribution in [1.82, 2.24) is 20.4 Å². The highest BCUT2D eigenvalue weighted by Crippen LogP contribution is 2.38. The third kappa shape index (κ3) is 4.94. The fourth-order valence-electron chi connectivity index (χ4n) is 4.00. The highest BCUT2D eigenvalue weighted by atomic mass is 19.1. The topological polar surface area (TPSA) is 104 Å². The number of nitrogen functional groups attached to an aromatic ring is 1. The van der Waals surface area contributed by atoms with Crippen LogP contribution in [0.3, 0.4) is 0 Å². The Kier molecular flexibility index (Phi) is 6.81. The lowest BCUT2D eigenvalue weighted by molar-refractivity contribution is 0.0331. The number of methoxy groups -OCH3 is 2. The number of anilines is 1. The van der Waals surface area contributed by atoms with Crippen LogP contribution in [0.25, 0.3) is 17.0 Å². The van der Waals surface area contributed by atoms with E-state index in [1.54, 1.807) is 26.4 Å². The fraction of sp³-hybridized carbons (Fsp3) is 0.292. The number of allylic oxidation sites excluding steroid dienone is 1. The Morgan fingerprint density at radius 3 is 2.76 bits per heavy atom. The Morgan fingerprint density at radius 2 is 1.97 bits per heavy atom. The van der Waals surface area contributed by atoms with E-state index in [1.807, 2.05) is 25.1 Å². The van der Waals surface area contributed by atoms with Crippen LogP contribution in [-0.2, 0) is 16.0 Å². The molecule has 2 heterocycles. The highest BCUT2D eigenvalue weighted by Gasteiger charge is 2.27. The van der Waals surface area contributed by atoms with Crippen molar-refractivity contribution >= 4 is 11.6 Å². The molecule has 0 unspecified atom stereocenters. The zero-order chi connectivity index (χ0) is 23.4. The van der Waals surface area contributed by atoms with E-state index in [9.17, 15) is 4.39 Å². The molecular weight excluding hydrogens is 425 g/mol. The SMILES string of the molecule is COCCONC1=C[C@@H](c2ccc(F)cc2-c2cccc(OC)n2)Cc2nc(N)nc(C)c21. The number of benzene rings is 1. The average Bonchev–Trinajstić information content (AvgIpc) is 2.81. The summed E-state index contributed by atoms with van der Waals surface area (Å²) in [5.41, 5.74) is 14.3. The van der Waals surface area contributed by atoms with E-state index in [1.165, 1.54) is 12.1 Å². The van der Waals surface area contributed by atoms with Crippen LogP contribution in [0.5, 0.6) is 5.88 Å². The molecule has 4 rings (SSSR count). The van der Waals surface area contributed by atoms with Crippen LogP contribution in [0.15, 0.2) is 42.5 Å². The van der Waals surface area contributed by atoms with E-state index in [4.69, 9.17) is 20.0 Å². The van der Waals surface area contributed by atoms with Gasteiger partial charge in [0.15, 0.2) is 0 Å². The molecule has 1 aliphatic carbocycles. The average molecular weight is 452 g/mol. The van der Waals surface area contributed by atoms with Gasteiger partial charge in [-0.3, -0.25) is 10.3 Å². The van der Waals surface area contributed by atoms with Gasteiger partial charge >= 0.3 is 0 Å². The molecule has 0 fully saturated rings. The van der Waals surface area contributed by atoms with Gasteiger partial charge in [0.05, 0.1) is 43.1 Å². The number of hydroxylamine groups is 1. The predicted molar refractivity (Wildman–Crippen MR) is 123 cm³/mol. The molecule has 0 saturated heterocycles. The number of aryl methyl sites for hydroxylation is 1. The van der Waals surface area contributed by atoms with E-state index in [0.29, 0.717) is 36.8 Å². The van der Waals surface area contributed by atoms with Crippen molar-refractivity contribution in [3.8, 4) is 17.1 Å². The molecule has 1 atom stereocenters. The van der Waals surface area contributed by atoms with Gasteiger partial charge < -0.3 is 15.2 Å². The van der Waals surface area contributed by atoms with Crippen molar-refractivity contribution in [2.45, 2.75) is 19.3 Å². The van der Waals surface area contributed by atoms with E-state index in [2.05, 4.69) is 20.4 Å². The van der Waals surface area contributed by atoms with Crippen LogP contribution in [-0.4, -0.2) is 42.4 Å². The van der Waals surface area contributed by atoms with Gasteiger partial charge in [0.2, 0.25) is 11.8 Å². The second-order valence-electron chi connectivity index (χ2n) is 7.62. The van der Waals surface area contributed by atoms with Gasteiger partial charge in [0, 0.05) is 36.6 Å². The van der Waals surface area contributed by atoms with Gasteiger partial charge in [0.25, 0.3) is 0 Å². The van der Waals surface area contributed by atoms with Crippen LogP contribution < -0.4 is 16.0 Å². The number of pyridine rings is 1. The third-order valence-electron chi connectivity index (χ3n) is 5.43. The van der Waals surface area contributed by atoms with Gasteiger partial charge in [-0.1, -0.05) is 18.2 Å². The Bertz CT molecular complexity index is 1180. The Balaban J connectivity index is 1.78. The number of rotatable bonds is 8. The maximum atomic E-state index is 14.3. The van der Waals surface area contributed by atoms with E-state index >= 15 is 0 Å². The summed E-state index contributed by atoms with van der Waals surface area (Å²) in [5, 5.41) is 0. The Hall–Kier alpha value is -3.56. The molecular formula is C24H26FN5O3. The first kappa shape index (κ1) is 22.6. The minimum Gasteiger partial charge on any atom is -0.481 e. The lowest BCUT2D eigenvalue weighted by Gasteiger charge is -2.26. The molecule has 33 heavy (non-hydrogen) atoms. The number of hydrogen-bond donors (Lipinski definition) is 2. The number of nitrogens with one attached hydrogen (secondary N) is 1. The van der Waals surface area contributed by atoms with E-state index in [-0.39, 0.29) is 17.7 Å². The second-order valence-corrected chi connectivity index (χ2v) is 7.62. The summed E-state index contributed by atoms with van der Waals surface area (Å²) in [6.07, 6.45) is 2.60. The van der Waals surface area contributed by atoms with Gasteiger partial charge in [0.1, 0.15) is 5.82 Å². The summed E-state index contributed by atoms with van der Waals surface area (Å²) < 4.78 is 24.6. The van der Waals surface area contributed by atoms with Crippen LogP contribution >= 0.6 is 0 Å². The molecule has 0 aliphatic heterocycles. The number of halogens is 1. The number of nitrogens with two attached hydrogens (primary N) is 1. The maximum Gasteiger partial charge on any atom is 0.220 e. The predicted octanol–water partition coefficient (Wildman–Crippen LogP) is 3.43. The maximum absolute atomic E-state index is 14.3. The highest BCUT2D eigenvalue weighted by molar-refractivity contribution is 5.73. The smallest absolute Gasteiger partial charge is 0.220 e. The number of hydrogen-bond acceptors (Lipinski definition) is 8. The van der Waals surface area contributed by atoms with Crippen LogP contribution in [0.1, 0.15) is 28.4 Å². The summed E-state index contributed by atoms with van der Waals surface area (Å²) >= 11 is 0. The Labute approximate surface area is 191 Å². The standard InChI is InChI=1S/C24H26FN5O3/c1-14-23-20(29-24(26)27-14)11-15(12-21(23)30-33-10-9-31-2)17-8-7-16(25)13-18(17)19-5-4-6-22(28-19)32-3/h4-8,12-13,15,30H,9-11H2,1-3H3,(H2,26,27,29)/t15-/m0/s1. The van der Waals surface area contributed by atoms with Crippen LogP contribution in [0.2, 0.25) is 0 Å². The number of aromatic nitrogens is 3. The lowest BCUT2D eigenvalue weighted by Crippen LogP contribution is -2.24. The molecule has 9 heteroatoms. The van der Waals surface area contributed by atoms with Crippen molar-refractivity contribution in [3.63, 3.8) is 0 Å². The molecule has 1 aromatic carbocycles. The zero-order valence-corrected chi connectivity index (χ0v) is 18.8. The zero-order valence-electron chi connectivity index (χ0n) is 18.8. The largest absolute Gasteiger partial charge is 0.481 e. The minimum atomic E-state index is -0.345. The summed E-state index contributed by atoms with van der Waals surface area (Å²) in [5.74, 6) is 0.183.